The van der Waals surface area contributed by atoms with Gasteiger partial charge in [0, 0.05) is 24.7 Å². The Morgan fingerprint density at radius 2 is 2.11 bits per heavy atom. The lowest BCUT2D eigenvalue weighted by Crippen LogP contribution is -2.27. The first-order chi connectivity index (χ1) is 12.8. The molecule has 1 N–H and O–H groups in total. The van der Waals surface area contributed by atoms with Crippen LogP contribution in [0.4, 0.5) is 18.9 Å². The van der Waals surface area contributed by atoms with E-state index in [1.807, 2.05) is 0 Å². The summed E-state index contributed by atoms with van der Waals surface area (Å²) < 4.78 is 46.6. The Kier molecular flexibility index (Phi) is 5.38. The van der Waals surface area contributed by atoms with E-state index in [2.05, 4.69) is 10.1 Å². The molecule has 0 saturated carbocycles. The molecule has 2 heterocycles. The minimum absolute atomic E-state index is 0.00734. The predicted molar refractivity (Wildman–Crippen MR) is 88.9 cm³/mol. The van der Waals surface area contributed by atoms with Crippen molar-refractivity contribution in [3.8, 4) is 5.75 Å². The van der Waals surface area contributed by atoms with Crippen molar-refractivity contribution < 1.29 is 31.9 Å². The highest BCUT2D eigenvalue weighted by Crippen LogP contribution is 2.24. The van der Waals surface area contributed by atoms with Crippen LogP contribution >= 0.6 is 0 Å². The lowest BCUT2D eigenvalue weighted by Gasteiger charge is -2.15. The maximum Gasteiger partial charge on any atom is 0.422 e. The molecule has 9 heteroatoms. The van der Waals surface area contributed by atoms with Gasteiger partial charge in [0.1, 0.15) is 11.5 Å². The van der Waals surface area contributed by atoms with Gasteiger partial charge in [-0.15, -0.1) is 0 Å². The number of anilines is 1. The van der Waals surface area contributed by atoms with Crippen LogP contribution in [0.25, 0.3) is 0 Å². The highest BCUT2D eigenvalue weighted by molar-refractivity contribution is 5.97. The van der Waals surface area contributed by atoms with Gasteiger partial charge in [0.15, 0.2) is 6.61 Å². The van der Waals surface area contributed by atoms with Crippen molar-refractivity contribution in [2.75, 3.05) is 18.5 Å². The summed E-state index contributed by atoms with van der Waals surface area (Å²) in [5.41, 5.74) is 0.302. The van der Waals surface area contributed by atoms with Crippen LogP contribution in [0.5, 0.6) is 5.75 Å². The van der Waals surface area contributed by atoms with Crippen molar-refractivity contribution >= 4 is 17.5 Å². The van der Waals surface area contributed by atoms with Gasteiger partial charge in [-0.05, 0) is 24.3 Å². The SMILES string of the molecule is O=C(Nc1cccc(OCC(F)(F)F)c1)C1CC(=O)N(Cc2ccco2)C1. The minimum atomic E-state index is -4.44. The number of halogens is 3. The van der Waals surface area contributed by atoms with Crippen molar-refractivity contribution in [3.63, 3.8) is 0 Å². The Labute approximate surface area is 152 Å². The third kappa shape index (κ3) is 5.25. The lowest BCUT2D eigenvalue weighted by molar-refractivity contribution is -0.153. The zero-order valence-corrected chi connectivity index (χ0v) is 14.2. The molecule has 1 aliphatic rings. The molecule has 0 spiro atoms. The fourth-order valence-electron chi connectivity index (χ4n) is 2.76. The fraction of sp³-hybridized carbons (Fsp3) is 0.333. The summed E-state index contributed by atoms with van der Waals surface area (Å²) in [6.07, 6.45) is -2.87. The van der Waals surface area contributed by atoms with Gasteiger partial charge in [0.2, 0.25) is 11.8 Å². The topological polar surface area (TPSA) is 71.8 Å². The van der Waals surface area contributed by atoms with E-state index in [1.54, 1.807) is 12.1 Å². The monoisotopic (exact) mass is 382 g/mol. The van der Waals surface area contributed by atoms with E-state index in [0.29, 0.717) is 11.4 Å². The molecule has 1 unspecified atom stereocenters. The molecule has 1 fully saturated rings. The highest BCUT2D eigenvalue weighted by Gasteiger charge is 2.34. The fourth-order valence-corrected chi connectivity index (χ4v) is 2.76. The predicted octanol–water partition coefficient (Wildman–Crippen LogP) is 3.21. The Hall–Kier alpha value is -2.97. The first-order valence-electron chi connectivity index (χ1n) is 8.21. The molecule has 2 aromatic rings. The number of rotatable bonds is 6. The maximum atomic E-state index is 12.4. The Balaban J connectivity index is 1.56. The zero-order chi connectivity index (χ0) is 19.4. The number of likely N-dealkylation sites (tertiary alicyclic amines) is 1. The van der Waals surface area contributed by atoms with E-state index in [9.17, 15) is 22.8 Å². The molecule has 0 radical (unpaired) electrons. The number of alkyl halides is 3. The Morgan fingerprint density at radius 3 is 2.81 bits per heavy atom. The standard InChI is InChI=1S/C18H17F3N2O4/c19-18(20,21)11-27-14-4-1-3-13(8-14)22-17(25)12-7-16(24)23(9-12)10-15-5-2-6-26-15/h1-6,8,12H,7,9-11H2,(H,22,25). The number of ether oxygens (including phenoxy) is 1. The largest absolute Gasteiger partial charge is 0.484 e. The van der Waals surface area contributed by atoms with Crippen molar-refractivity contribution in [3.05, 3.63) is 48.4 Å². The van der Waals surface area contributed by atoms with Gasteiger partial charge in [0.05, 0.1) is 18.7 Å². The van der Waals surface area contributed by atoms with Gasteiger partial charge in [-0.25, -0.2) is 0 Å². The molecule has 3 rings (SSSR count). The van der Waals surface area contributed by atoms with Crippen molar-refractivity contribution in [1.29, 1.82) is 0 Å². The summed E-state index contributed by atoms with van der Waals surface area (Å²) in [4.78, 5) is 26.0. The molecule has 0 aliphatic carbocycles. The average molecular weight is 382 g/mol. The first-order valence-corrected chi connectivity index (χ1v) is 8.21. The zero-order valence-electron chi connectivity index (χ0n) is 14.2. The van der Waals surface area contributed by atoms with E-state index >= 15 is 0 Å². The summed E-state index contributed by atoms with van der Waals surface area (Å²) in [6.45, 7) is -0.880. The van der Waals surface area contributed by atoms with Gasteiger partial charge in [-0.2, -0.15) is 13.2 Å². The lowest BCUT2D eigenvalue weighted by atomic mass is 10.1. The molecular weight excluding hydrogens is 365 g/mol. The number of benzene rings is 1. The second-order valence-electron chi connectivity index (χ2n) is 6.18. The van der Waals surface area contributed by atoms with Crippen LogP contribution < -0.4 is 10.1 Å². The van der Waals surface area contributed by atoms with Crippen molar-refractivity contribution in [2.45, 2.75) is 19.1 Å². The Bertz CT molecular complexity index is 805. The summed E-state index contributed by atoms with van der Waals surface area (Å²) >= 11 is 0. The quantitative estimate of drug-likeness (QED) is 0.833. The molecule has 1 aliphatic heterocycles. The first kappa shape index (κ1) is 18.8. The van der Waals surface area contributed by atoms with Crippen LogP contribution in [-0.2, 0) is 16.1 Å². The maximum absolute atomic E-state index is 12.4. The average Bonchev–Trinajstić information content (AvgIpc) is 3.23. The number of nitrogens with zero attached hydrogens (tertiary/aromatic N) is 1. The van der Waals surface area contributed by atoms with Crippen molar-refractivity contribution in [1.82, 2.24) is 4.90 Å². The second-order valence-corrected chi connectivity index (χ2v) is 6.18. The van der Waals surface area contributed by atoms with Gasteiger partial charge < -0.3 is 19.4 Å². The molecule has 6 nitrogen and oxygen atoms in total. The number of furan rings is 1. The van der Waals surface area contributed by atoms with Crippen LogP contribution in [-0.4, -0.2) is 36.0 Å². The van der Waals surface area contributed by atoms with Gasteiger partial charge in [-0.3, -0.25) is 9.59 Å². The third-order valence-electron chi connectivity index (χ3n) is 4.02. The summed E-state index contributed by atoms with van der Waals surface area (Å²) in [5, 5.41) is 2.62. The number of carbonyl (C=O) groups is 2. The van der Waals surface area contributed by atoms with E-state index < -0.39 is 18.7 Å². The third-order valence-corrected chi connectivity index (χ3v) is 4.02. The summed E-state index contributed by atoms with van der Waals surface area (Å²) in [7, 11) is 0. The van der Waals surface area contributed by atoms with Gasteiger partial charge in [-0.1, -0.05) is 6.07 Å². The summed E-state index contributed by atoms with van der Waals surface area (Å²) in [5.74, 6) is -0.467. The molecule has 1 aromatic heterocycles. The number of amides is 2. The van der Waals surface area contributed by atoms with Gasteiger partial charge >= 0.3 is 6.18 Å². The molecule has 0 bridgehead atoms. The van der Waals surface area contributed by atoms with Crippen LogP contribution in [0, 0.1) is 5.92 Å². The summed E-state index contributed by atoms with van der Waals surface area (Å²) in [6, 6.07) is 9.15. The highest BCUT2D eigenvalue weighted by atomic mass is 19.4. The van der Waals surface area contributed by atoms with Crippen LogP contribution in [0.1, 0.15) is 12.2 Å². The molecule has 1 atom stereocenters. The van der Waals surface area contributed by atoms with Crippen LogP contribution in [0.3, 0.4) is 0 Å². The number of hydrogen-bond acceptors (Lipinski definition) is 4. The molecule has 1 saturated heterocycles. The second kappa shape index (κ2) is 7.73. The molecule has 2 amide bonds. The number of nitrogens with one attached hydrogen (secondary N) is 1. The molecule has 27 heavy (non-hydrogen) atoms. The normalized spacial score (nSPS) is 17.2. The van der Waals surface area contributed by atoms with E-state index in [4.69, 9.17) is 4.42 Å². The number of hydrogen-bond donors (Lipinski definition) is 1. The molecule has 1 aromatic carbocycles. The minimum Gasteiger partial charge on any atom is -0.484 e. The van der Waals surface area contributed by atoms with Gasteiger partial charge in [0.25, 0.3) is 0 Å². The smallest absolute Gasteiger partial charge is 0.422 e. The van der Waals surface area contributed by atoms with E-state index in [1.165, 1.54) is 35.4 Å². The molecule has 144 valence electrons. The van der Waals surface area contributed by atoms with Crippen LogP contribution in [0.15, 0.2) is 47.1 Å². The van der Waals surface area contributed by atoms with E-state index in [0.717, 1.165) is 0 Å². The molecular formula is C18H17F3N2O4. The van der Waals surface area contributed by atoms with Crippen LogP contribution in [0.2, 0.25) is 0 Å². The van der Waals surface area contributed by atoms with Crippen molar-refractivity contribution in [2.24, 2.45) is 5.92 Å². The Morgan fingerprint density at radius 1 is 1.30 bits per heavy atom. The number of carbonyl (C=O) groups excluding carboxylic acids is 2. The van der Waals surface area contributed by atoms with E-state index in [-0.39, 0.29) is 37.1 Å².